The number of carbonyl (C=O) groups is 1. The quantitative estimate of drug-likeness (QED) is 0.661. The van der Waals surface area contributed by atoms with Gasteiger partial charge in [0.05, 0.1) is 16.8 Å². The fourth-order valence-corrected chi connectivity index (χ4v) is 4.40. The van der Waals surface area contributed by atoms with Crippen LogP contribution in [0.25, 0.3) is 5.69 Å². The summed E-state index contributed by atoms with van der Waals surface area (Å²) in [7, 11) is -3.80. The lowest BCUT2D eigenvalue weighted by Gasteiger charge is -2.24. The van der Waals surface area contributed by atoms with Crippen LogP contribution in [-0.4, -0.2) is 30.7 Å². The van der Waals surface area contributed by atoms with Crippen molar-refractivity contribution in [2.24, 2.45) is 0 Å². The minimum atomic E-state index is -3.80. The molecule has 0 aliphatic rings. The number of carbonyl (C=O) groups excluding carboxylic acids is 1. The van der Waals surface area contributed by atoms with Gasteiger partial charge in [-0.15, -0.1) is 0 Å². The van der Waals surface area contributed by atoms with Gasteiger partial charge < -0.3 is 5.32 Å². The molecule has 3 rings (SSSR count). The van der Waals surface area contributed by atoms with E-state index < -0.39 is 10.0 Å². The molecule has 0 aliphatic heterocycles. The number of sulfonamides is 1. The number of nitrogens with zero attached hydrogens (tertiary/aromatic N) is 3. The Morgan fingerprint density at radius 2 is 1.75 bits per heavy atom. The summed E-state index contributed by atoms with van der Waals surface area (Å²) in [5.74, 6) is 0.258. The normalized spacial score (nSPS) is 11.2. The van der Waals surface area contributed by atoms with Crippen LogP contribution in [-0.2, 0) is 14.8 Å². The zero-order valence-electron chi connectivity index (χ0n) is 15.7. The lowest BCUT2D eigenvalue weighted by atomic mass is 10.3. The summed E-state index contributed by atoms with van der Waals surface area (Å²) in [4.78, 5) is 11.3. The molecular formula is C20H22N4O3S. The molecule has 1 heterocycles. The van der Waals surface area contributed by atoms with E-state index in [0.29, 0.717) is 24.5 Å². The second-order valence-electron chi connectivity index (χ2n) is 6.22. The molecule has 0 aliphatic carbocycles. The van der Waals surface area contributed by atoms with E-state index >= 15 is 0 Å². The maximum Gasteiger partial charge on any atom is 0.265 e. The summed E-state index contributed by atoms with van der Waals surface area (Å²) in [5.41, 5.74) is 1.32. The SMILES string of the molecule is CCCN(c1ccnn1-c1ccccc1)S(=O)(=O)c1ccc(NC(C)=O)cc1. The minimum Gasteiger partial charge on any atom is -0.326 e. The van der Waals surface area contributed by atoms with Crippen molar-refractivity contribution in [1.82, 2.24) is 9.78 Å². The summed E-state index contributed by atoms with van der Waals surface area (Å²) in [6.07, 6.45) is 2.23. The summed E-state index contributed by atoms with van der Waals surface area (Å²) >= 11 is 0. The van der Waals surface area contributed by atoms with Crippen molar-refractivity contribution in [3.63, 3.8) is 0 Å². The molecule has 0 spiro atoms. The van der Waals surface area contributed by atoms with E-state index in [9.17, 15) is 13.2 Å². The molecule has 1 aromatic heterocycles. The fraction of sp³-hybridized carbons (Fsp3) is 0.200. The number of benzene rings is 2. The Morgan fingerprint density at radius 3 is 2.36 bits per heavy atom. The standard InChI is InChI=1S/C20H22N4O3S/c1-3-15-23(20-13-14-21-24(20)18-7-5-4-6-8-18)28(26,27)19-11-9-17(10-12-19)22-16(2)25/h4-14H,3,15H2,1-2H3,(H,22,25). The molecule has 7 nitrogen and oxygen atoms in total. The van der Waals surface area contributed by atoms with Gasteiger partial charge in [-0.3, -0.25) is 4.79 Å². The Kier molecular flexibility index (Phi) is 5.79. The van der Waals surface area contributed by atoms with E-state index in [0.717, 1.165) is 5.69 Å². The van der Waals surface area contributed by atoms with Crippen LogP contribution in [0.2, 0.25) is 0 Å². The lowest BCUT2D eigenvalue weighted by molar-refractivity contribution is -0.114. The minimum absolute atomic E-state index is 0.149. The highest BCUT2D eigenvalue weighted by Gasteiger charge is 2.27. The molecule has 0 atom stereocenters. The number of para-hydroxylation sites is 1. The van der Waals surface area contributed by atoms with Crippen LogP contribution in [0.1, 0.15) is 20.3 Å². The molecule has 0 unspecified atom stereocenters. The number of hydrogen-bond donors (Lipinski definition) is 1. The van der Waals surface area contributed by atoms with Crippen LogP contribution in [0.15, 0.2) is 71.8 Å². The summed E-state index contributed by atoms with van der Waals surface area (Å²) in [6, 6.07) is 17.2. The van der Waals surface area contributed by atoms with E-state index in [1.165, 1.54) is 23.4 Å². The number of aromatic nitrogens is 2. The zero-order chi connectivity index (χ0) is 20.1. The van der Waals surface area contributed by atoms with Gasteiger partial charge in [0.25, 0.3) is 10.0 Å². The van der Waals surface area contributed by atoms with Crippen LogP contribution in [0.4, 0.5) is 11.5 Å². The smallest absolute Gasteiger partial charge is 0.265 e. The molecule has 0 saturated heterocycles. The molecule has 146 valence electrons. The summed E-state index contributed by atoms with van der Waals surface area (Å²) < 4.78 is 29.6. The Hall–Kier alpha value is -3.13. The third-order valence-corrected chi connectivity index (χ3v) is 5.89. The van der Waals surface area contributed by atoms with E-state index in [1.807, 2.05) is 37.3 Å². The molecule has 0 fully saturated rings. The first kappa shape index (κ1) is 19.6. The number of hydrogen-bond acceptors (Lipinski definition) is 4. The van der Waals surface area contributed by atoms with Crippen molar-refractivity contribution in [1.29, 1.82) is 0 Å². The number of anilines is 2. The maximum atomic E-state index is 13.3. The predicted molar refractivity (Wildman–Crippen MR) is 109 cm³/mol. The van der Waals surface area contributed by atoms with Gasteiger partial charge in [0.2, 0.25) is 5.91 Å². The van der Waals surface area contributed by atoms with Crippen LogP contribution in [0.3, 0.4) is 0 Å². The largest absolute Gasteiger partial charge is 0.326 e. The first-order chi connectivity index (χ1) is 13.4. The van der Waals surface area contributed by atoms with Gasteiger partial charge in [-0.1, -0.05) is 25.1 Å². The van der Waals surface area contributed by atoms with Crippen LogP contribution < -0.4 is 9.62 Å². The van der Waals surface area contributed by atoms with Crippen molar-refractivity contribution in [2.75, 3.05) is 16.2 Å². The topological polar surface area (TPSA) is 84.3 Å². The van der Waals surface area contributed by atoms with Gasteiger partial charge >= 0.3 is 0 Å². The molecule has 0 bridgehead atoms. The average Bonchev–Trinajstić information content (AvgIpc) is 3.16. The summed E-state index contributed by atoms with van der Waals surface area (Å²) in [5, 5.41) is 6.94. The van der Waals surface area contributed by atoms with Gasteiger partial charge in [0, 0.05) is 25.2 Å². The van der Waals surface area contributed by atoms with Gasteiger partial charge in [-0.25, -0.2) is 17.4 Å². The molecule has 3 aromatic rings. The monoisotopic (exact) mass is 398 g/mol. The zero-order valence-corrected chi connectivity index (χ0v) is 16.6. The first-order valence-electron chi connectivity index (χ1n) is 8.93. The molecular weight excluding hydrogens is 376 g/mol. The van der Waals surface area contributed by atoms with E-state index in [4.69, 9.17) is 0 Å². The fourth-order valence-electron chi connectivity index (χ4n) is 2.86. The van der Waals surface area contributed by atoms with Gasteiger partial charge in [-0.2, -0.15) is 5.10 Å². The maximum absolute atomic E-state index is 13.3. The van der Waals surface area contributed by atoms with Crippen molar-refractivity contribution in [3.8, 4) is 5.69 Å². The molecule has 28 heavy (non-hydrogen) atoms. The second kappa shape index (κ2) is 8.26. The predicted octanol–water partition coefficient (Wildman–Crippen LogP) is 3.44. The van der Waals surface area contributed by atoms with Crippen LogP contribution in [0, 0.1) is 0 Å². The Balaban J connectivity index is 2.01. The average molecular weight is 398 g/mol. The molecule has 8 heteroatoms. The van der Waals surface area contributed by atoms with E-state index in [-0.39, 0.29) is 10.8 Å². The van der Waals surface area contributed by atoms with Crippen molar-refractivity contribution in [3.05, 3.63) is 66.9 Å². The van der Waals surface area contributed by atoms with Crippen molar-refractivity contribution in [2.45, 2.75) is 25.2 Å². The third-order valence-electron chi connectivity index (χ3n) is 4.07. The molecule has 0 radical (unpaired) electrons. The van der Waals surface area contributed by atoms with Crippen LogP contribution in [0.5, 0.6) is 0 Å². The highest BCUT2D eigenvalue weighted by Crippen LogP contribution is 2.27. The van der Waals surface area contributed by atoms with Crippen LogP contribution >= 0.6 is 0 Å². The van der Waals surface area contributed by atoms with Gasteiger partial charge in [0.15, 0.2) is 0 Å². The second-order valence-corrected chi connectivity index (χ2v) is 8.08. The Labute approximate surface area is 164 Å². The van der Waals surface area contributed by atoms with Crippen molar-refractivity contribution < 1.29 is 13.2 Å². The Morgan fingerprint density at radius 1 is 1.07 bits per heavy atom. The molecule has 0 saturated carbocycles. The summed E-state index contributed by atoms with van der Waals surface area (Å²) in [6.45, 7) is 3.64. The third kappa shape index (κ3) is 4.07. The lowest BCUT2D eigenvalue weighted by Crippen LogP contribution is -2.33. The molecule has 1 N–H and O–H groups in total. The van der Waals surface area contributed by atoms with Crippen molar-refractivity contribution >= 4 is 27.4 Å². The number of rotatable bonds is 7. The molecule has 2 aromatic carbocycles. The molecule has 1 amide bonds. The van der Waals surface area contributed by atoms with Gasteiger partial charge in [-0.05, 0) is 42.8 Å². The van der Waals surface area contributed by atoms with E-state index in [1.54, 1.807) is 29.1 Å². The van der Waals surface area contributed by atoms with E-state index in [2.05, 4.69) is 10.4 Å². The number of amides is 1. The van der Waals surface area contributed by atoms with Gasteiger partial charge in [0.1, 0.15) is 5.82 Å². The number of nitrogens with one attached hydrogen (secondary N) is 1. The Bertz CT molecular complexity index is 1040. The highest BCUT2D eigenvalue weighted by molar-refractivity contribution is 7.92. The first-order valence-corrected chi connectivity index (χ1v) is 10.4. The highest BCUT2D eigenvalue weighted by atomic mass is 32.2.